The fourth-order valence-corrected chi connectivity index (χ4v) is 11.1. The number of ether oxygens (including phenoxy) is 1. The van der Waals surface area contributed by atoms with Gasteiger partial charge in [-0.05, 0) is 117 Å². The molecule has 0 heterocycles. The van der Waals surface area contributed by atoms with Crippen LogP contribution in [0.1, 0.15) is 127 Å². The van der Waals surface area contributed by atoms with E-state index in [0.717, 1.165) is 50.5 Å². The molecule has 7 atom stereocenters. The molecular formula is C34H53NO4. The van der Waals surface area contributed by atoms with Gasteiger partial charge in [-0.15, -0.1) is 0 Å². The number of hydrogen-bond donors (Lipinski definition) is 1. The zero-order chi connectivity index (χ0) is 29.0. The second kappa shape index (κ2) is 8.68. The summed E-state index contributed by atoms with van der Waals surface area (Å²) < 4.78 is 5.73. The molecule has 0 aliphatic heterocycles. The highest BCUT2D eigenvalue weighted by Crippen LogP contribution is 2.75. The molecule has 1 amide bonds. The van der Waals surface area contributed by atoms with Gasteiger partial charge in [0.25, 0.3) is 0 Å². The van der Waals surface area contributed by atoms with E-state index in [1.807, 2.05) is 20.8 Å². The smallest absolute Gasteiger partial charge is 0.408 e. The van der Waals surface area contributed by atoms with Crippen molar-refractivity contribution in [1.82, 2.24) is 5.32 Å². The maximum atomic E-state index is 13.7. The zero-order valence-electron chi connectivity index (χ0n) is 26.3. The molecule has 0 saturated heterocycles. The summed E-state index contributed by atoms with van der Waals surface area (Å²) in [4.78, 5) is 39.9. The van der Waals surface area contributed by atoms with Crippen molar-refractivity contribution >= 4 is 17.7 Å². The van der Waals surface area contributed by atoms with Crippen LogP contribution in [0.2, 0.25) is 0 Å². The molecule has 218 valence electrons. The third-order valence-electron chi connectivity index (χ3n) is 12.9. The van der Waals surface area contributed by atoms with Crippen molar-refractivity contribution in [3.63, 3.8) is 0 Å². The maximum Gasteiger partial charge on any atom is 0.408 e. The molecule has 0 aromatic carbocycles. The molecule has 0 aromatic rings. The molecule has 0 unspecified atom stereocenters. The SMILES string of the molecule is CC(C)C1=C2[C@H]3CC[C@@H]4[C@@]5(C)CCC(=O)C(C)(C)[C@@H]5CC[C@@]4(C)[C@]3(C)CC[C@@]2(NC(=O)OC(C)(C)C)CC1=O. The number of alkyl carbamates (subject to hydrolysis) is 1. The van der Waals surface area contributed by atoms with Crippen LogP contribution in [-0.4, -0.2) is 28.8 Å². The van der Waals surface area contributed by atoms with E-state index in [1.165, 1.54) is 5.57 Å². The zero-order valence-corrected chi connectivity index (χ0v) is 26.3. The van der Waals surface area contributed by atoms with Gasteiger partial charge in [0.2, 0.25) is 0 Å². The molecule has 5 aliphatic carbocycles. The number of amides is 1. The van der Waals surface area contributed by atoms with Gasteiger partial charge in [-0.3, -0.25) is 9.59 Å². The summed E-state index contributed by atoms with van der Waals surface area (Å²) in [5.41, 5.74) is 1.03. The van der Waals surface area contributed by atoms with E-state index in [0.29, 0.717) is 30.5 Å². The van der Waals surface area contributed by atoms with Crippen LogP contribution >= 0.6 is 0 Å². The van der Waals surface area contributed by atoms with Crippen LogP contribution in [0.15, 0.2) is 11.1 Å². The Balaban J connectivity index is 1.57. The van der Waals surface area contributed by atoms with E-state index >= 15 is 0 Å². The monoisotopic (exact) mass is 539 g/mol. The van der Waals surface area contributed by atoms with Crippen LogP contribution in [0.25, 0.3) is 0 Å². The number of fused-ring (bicyclic) bond motifs is 7. The lowest BCUT2D eigenvalue weighted by atomic mass is 9.33. The summed E-state index contributed by atoms with van der Waals surface area (Å²) >= 11 is 0. The minimum Gasteiger partial charge on any atom is -0.444 e. The lowest BCUT2D eigenvalue weighted by molar-refractivity contribution is -0.209. The Bertz CT molecular complexity index is 1130. The highest BCUT2D eigenvalue weighted by Gasteiger charge is 2.70. The molecule has 4 fully saturated rings. The summed E-state index contributed by atoms with van der Waals surface area (Å²) in [6.45, 7) is 21.9. The molecule has 0 aromatic heterocycles. The molecule has 39 heavy (non-hydrogen) atoms. The summed E-state index contributed by atoms with van der Waals surface area (Å²) in [5, 5.41) is 3.29. The predicted octanol–water partition coefficient (Wildman–Crippen LogP) is 7.81. The van der Waals surface area contributed by atoms with E-state index in [9.17, 15) is 14.4 Å². The first-order valence-corrected chi connectivity index (χ1v) is 15.6. The summed E-state index contributed by atoms with van der Waals surface area (Å²) in [7, 11) is 0. The van der Waals surface area contributed by atoms with Gasteiger partial charge in [-0.25, -0.2) is 4.79 Å². The van der Waals surface area contributed by atoms with Crippen LogP contribution in [-0.2, 0) is 14.3 Å². The fraction of sp³-hybridized carbons (Fsp3) is 0.853. The predicted molar refractivity (Wildman–Crippen MR) is 154 cm³/mol. The van der Waals surface area contributed by atoms with Crippen LogP contribution in [0, 0.1) is 45.3 Å². The Morgan fingerprint density at radius 3 is 2.18 bits per heavy atom. The van der Waals surface area contributed by atoms with E-state index in [2.05, 4.69) is 53.8 Å². The Morgan fingerprint density at radius 2 is 1.56 bits per heavy atom. The van der Waals surface area contributed by atoms with E-state index in [1.54, 1.807) is 0 Å². The average molecular weight is 540 g/mol. The summed E-state index contributed by atoms with van der Waals surface area (Å²) in [6.07, 6.45) is 7.82. The van der Waals surface area contributed by atoms with Gasteiger partial charge >= 0.3 is 6.09 Å². The molecule has 0 bridgehead atoms. The molecule has 5 aliphatic rings. The van der Waals surface area contributed by atoms with Gasteiger partial charge in [-0.1, -0.05) is 48.5 Å². The first kappa shape index (κ1) is 28.9. The standard InChI is InChI=1S/C34H53NO4/c1-20(2)26-22(36)19-34(35-28(38)39-29(3,4)5)18-17-32(9)21(27(26)34)11-12-24-31(8)15-14-25(37)30(6,7)23(31)13-16-33(24,32)10/h20-21,23-24H,11-19H2,1-10H3,(H,35,38)/t21-,23+,24-,31+,32-,33-,34-/m1/s1. The number of carbonyl (C=O) groups excluding carboxylic acids is 3. The molecular weight excluding hydrogens is 486 g/mol. The van der Waals surface area contributed by atoms with Crippen molar-refractivity contribution in [2.45, 2.75) is 138 Å². The van der Waals surface area contributed by atoms with Crippen LogP contribution in [0.4, 0.5) is 4.79 Å². The van der Waals surface area contributed by atoms with Gasteiger partial charge < -0.3 is 10.1 Å². The molecule has 0 spiro atoms. The lowest BCUT2D eigenvalue weighted by Crippen LogP contribution is -2.67. The number of Topliss-reactive ketones (excluding diaryl/α,β-unsaturated/α-hetero) is 2. The average Bonchev–Trinajstić information content (AvgIpc) is 3.07. The van der Waals surface area contributed by atoms with Gasteiger partial charge in [0, 0.05) is 18.3 Å². The highest BCUT2D eigenvalue weighted by atomic mass is 16.6. The quantitative estimate of drug-likeness (QED) is 0.388. The number of rotatable bonds is 2. The van der Waals surface area contributed by atoms with E-state index in [-0.39, 0.29) is 39.3 Å². The van der Waals surface area contributed by atoms with Crippen molar-refractivity contribution in [3.05, 3.63) is 11.1 Å². The Labute approximate surface area is 236 Å². The number of allylic oxidation sites excluding steroid dienone is 1. The topological polar surface area (TPSA) is 72.5 Å². The number of hydrogen-bond acceptors (Lipinski definition) is 4. The van der Waals surface area contributed by atoms with Gasteiger partial charge in [0.05, 0.1) is 5.54 Å². The Kier molecular flexibility index (Phi) is 6.42. The van der Waals surface area contributed by atoms with Crippen molar-refractivity contribution in [2.75, 3.05) is 0 Å². The molecule has 0 radical (unpaired) electrons. The molecule has 5 rings (SSSR count). The molecule has 5 heteroatoms. The van der Waals surface area contributed by atoms with Crippen LogP contribution in [0.5, 0.6) is 0 Å². The van der Waals surface area contributed by atoms with Crippen molar-refractivity contribution < 1.29 is 19.1 Å². The highest BCUT2D eigenvalue weighted by molar-refractivity contribution is 6.02. The number of ketones is 2. The van der Waals surface area contributed by atoms with E-state index in [4.69, 9.17) is 4.74 Å². The van der Waals surface area contributed by atoms with Crippen molar-refractivity contribution in [3.8, 4) is 0 Å². The summed E-state index contributed by atoms with van der Waals surface area (Å²) in [5.74, 6) is 2.03. The number of nitrogens with one attached hydrogen (secondary N) is 1. The van der Waals surface area contributed by atoms with Crippen LogP contribution < -0.4 is 5.32 Å². The third kappa shape index (κ3) is 3.94. The minimum absolute atomic E-state index is 0.0364. The fourth-order valence-electron chi connectivity index (χ4n) is 11.1. The first-order chi connectivity index (χ1) is 17.8. The summed E-state index contributed by atoms with van der Waals surface area (Å²) in [6, 6.07) is 0. The second-order valence-electron chi connectivity index (χ2n) is 16.6. The van der Waals surface area contributed by atoms with Gasteiger partial charge in [-0.2, -0.15) is 0 Å². The maximum absolute atomic E-state index is 13.7. The normalized spacial score (nSPS) is 43.4. The second-order valence-corrected chi connectivity index (χ2v) is 16.6. The van der Waals surface area contributed by atoms with Crippen LogP contribution in [0.3, 0.4) is 0 Å². The first-order valence-electron chi connectivity index (χ1n) is 15.6. The number of carbonyl (C=O) groups is 3. The Hall–Kier alpha value is -1.65. The van der Waals surface area contributed by atoms with Gasteiger partial charge in [0.1, 0.15) is 11.4 Å². The Morgan fingerprint density at radius 1 is 0.897 bits per heavy atom. The molecule has 1 N–H and O–H groups in total. The lowest BCUT2D eigenvalue weighted by Gasteiger charge is -2.71. The largest absolute Gasteiger partial charge is 0.444 e. The van der Waals surface area contributed by atoms with Crippen molar-refractivity contribution in [2.24, 2.45) is 45.3 Å². The van der Waals surface area contributed by atoms with Crippen molar-refractivity contribution in [1.29, 1.82) is 0 Å². The third-order valence-corrected chi connectivity index (χ3v) is 12.9. The molecule has 5 nitrogen and oxygen atoms in total. The molecule has 4 saturated carbocycles. The minimum atomic E-state index is -0.632. The van der Waals surface area contributed by atoms with E-state index < -0.39 is 17.2 Å². The van der Waals surface area contributed by atoms with Gasteiger partial charge in [0.15, 0.2) is 5.78 Å².